The molecule has 0 spiro atoms. The number of hydrogen-bond acceptors (Lipinski definition) is 4. The number of halogens is 4. The van der Waals surface area contributed by atoms with E-state index in [1.807, 2.05) is 0 Å². The van der Waals surface area contributed by atoms with E-state index < -0.39 is 35.1 Å². The lowest BCUT2D eigenvalue weighted by Crippen LogP contribution is -2.49. The van der Waals surface area contributed by atoms with E-state index in [-0.39, 0.29) is 34.3 Å². The van der Waals surface area contributed by atoms with Crippen molar-refractivity contribution in [1.29, 1.82) is 0 Å². The molecule has 1 aromatic heterocycles. The van der Waals surface area contributed by atoms with E-state index in [1.54, 1.807) is 0 Å². The summed E-state index contributed by atoms with van der Waals surface area (Å²) in [7, 11) is 0. The molecule has 6 nitrogen and oxygen atoms in total. The number of carboxylic acid groups (broad SMARTS) is 1. The normalized spacial score (nSPS) is 11.9. The number of fused-ring (bicyclic) bond motifs is 1. The zero-order chi connectivity index (χ0) is 23.7. The molecule has 0 aliphatic heterocycles. The minimum atomic E-state index is -4.59. The summed E-state index contributed by atoms with van der Waals surface area (Å²) in [5.41, 5.74) is -2.44. The molecular weight excluding hydrogens is 432 g/mol. The van der Waals surface area contributed by atoms with Gasteiger partial charge in [-0.2, -0.15) is 13.2 Å². The number of carbonyl (C=O) groups excluding carboxylic acids is 1. The third kappa shape index (κ3) is 4.79. The number of aromatic nitrogens is 1. The first kappa shape index (κ1) is 23.0. The average molecular weight is 450 g/mol. The van der Waals surface area contributed by atoms with E-state index in [9.17, 15) is 32.3 Å². The summed E-state index contributed by atoms with van der Waals surface area (Å²) in [5, 5.41) is 12.0. The van der Waals surface area contributed by atoms with Crippen LogP contribution in [0.25, 0.3) is 10.8 Å². The highest BCUT2D eigenvalue weighted by molar-refractivity contribution is 6.05. The molecule has 0 saturated carbocycles. The molecule has 0 aliphatic carbocycles. The number of benzene rings is 2. The summed E-state index contributed by atoms with van der Waals surface area (Å²) < 4.78 is 58.1. The maximum Gasteiger partial charge on any atom is 0.433 e. The van der Waals surface area contributed by atoms with Gasteiger partial charge in [-0.15, -0.1) is 0 Å². The summed E-state index contributed by atoms with van der Waals surface area (Å²) in [4.78, 5) is 27.5. The lowest BCUT2D eigenvalue weighted by Gasteiger charge is -2.22. The monoisotopic (exact) mass is 450 g/mol. The van der Waals surface area contributed by atoms with Crippen molar-refractivity contribution in [2.75, 3.05) is 0 Å². The SMILES string of the molecule is CC(C)(NC(=O)c1ccc2c(F)cccc2c1OCc1ccc(C(F)(F)F)nc1)C(=O)O. The van der Waals surface area contributed by atoms with Gasteiger partial charge in [0.25, 0.3) is 5.91 Å². The first-order valence-electron chi connectivity index (χ1n) is 9.32. The Morgan fingerprint density at radius 2 is 1.78 bits per heavy atom. The second-order valence-corrected chi connectivity index (χ2v) is 7.50. The molecule has 0 aliphatic rings. The molecule has 0 bridgehead atoms. The van der Waals surface area contributed by atoms with Crippen LogP contribution in [0.3, 0.4) is 0 Å². The predicted molar refractivity (Wildman–Crippen MR) is 107 cm³/mol. The van der Waals surface area contributed by atoms with Gasteiger partial charge in [-0.25, -0.2) is 9.18 Å². The maximum absolute atomic E-state index is 14.2. The number of nitrogens with zero attached hydrogens (tertiary/aromatic N) is 1. The highest BCUT2D eigenvalue weighted by Gasteiger charge is 2.32. The Morgan fingerprint density at radius 3 is 2.38 bits per heavy atom. The summed E-state index contributed by atoms with van der Waals surface area (Å²) in [6.07, 6.45) is -3.60. The smallest absolute Gasteiger partial charge is 0.433 e. The topological polar surface area (TPSA) is 88.5 Å². The Hall–Kier alpha value is -3.69. The van der Waals surface area contributed by atoms with Crippen molar-refractivity contribution in [2.45, 2.75) is 32.2 Å². The third-order valence-corrected chi connectivity index (χ3v) is 4.66. The number of aliphatic carboxylic acids is 1. The Labute approximate surface area is 179 Å². The van der Waals surface area contributed by atoms with Crippen LogP contribution in [0.4, 0.5) is 17.6 Å². The molecule has 3 rings (SSSR count). The molecule has 1 heterocycles. The number of rotatable bonds is 6. The lowest BCUT2D eigenvalue weighted by atomic mass is 10.0. The molecule has 0 atom stereocenters. The van der Waals surface area contributed by atoms with Gasteiger partial charge >= 0.3 is 12.1 Å². The largest absolute Gasteiger partial charge is 0.487 e. The molecule has 0 radical (unpaired) electrons. The van der Waals surface area contributed by atoms with Crippen molar-refractivity contribution in [2.24, 2.45) is 0 Å². The van der Waals surface area contributed by atoms with Crippen LogP contribution in [-0.4, -0.2) is 27.5 Å². The fourth-order valence-corrected chi connectivity index (χ4v) is 2.86. The van der Waals surface area contributed by atoms with Crippen LogP contribution in [-0.2, 0) is 17.6 Å². The fourth-order valence-electron chi connectivity index (χ4n) is 2.86. The zero-order valence-electron chi connectivity index (χ0n) is 17.0. The maximum atomic E-state index is 14.2. The number of amides is 1. The fraction of sp³-hybridized carbons (Fsp3) is 0.227. The summed E-state index contributed by atoms with van der Waals surface area (Å²) in [6.45, 7) is 2.33. The van der Waals surface area contributed by atoms with Gasteiger partial charge < -0.3 is 15.2 Å². The van der Waals surface area contributed by atoms with Crippen molar-refractivity contribution in [3.8, 4) is 5.75 Å². The summed E-state index contributed by atoms with van der Waals surface area (Å²) in [6, 6.07) is 8.77. The third-order valence-electron chi connectivity index (χ3n) is 4.66. The number of hydrogen-bond donors (Lipinski definition) is 2. The molecular formula is C22H18F4N2O4. The Morgan fingerprint density at radius 1 is 1.06 bits per heavy atom. The van der Waals surface area contributed by atoms with Gasteiger partial charge in [-0.1, -0.05) is 24.3 Å². The molecule has 2 N–H and O–H groups in total. The quantitative estimate of drug-likeness (QED) is 0.538. The van der Waals surface area contributed by atoms with Crippen molar-refractivity contribution in [3.63, 3.8) is 0 Å². The van der Waals surface area contributed by atoms with Crippen molar-refractivity contribution in [3.05, 3.63) is 71.3 Å². The highest BCUT2D eigenvalue weighted by atomic mass is 19.4. The van der Waals surface area contributed by atoms with Gasteiger partial charge in [0.15, 0.2) is 0 Å². The van der Waals surface area contributed by atoms with Crippen molar-refractivity contribution >= 4 is 22.6 Å². The second kappa shape index (κ2) is 8.45. The second-order valence-electron chi connectivity index (χ2n) is 7.50. The van der Waals surface area contributed by atoms with Crippen LogP contribution in [0.5, 0.6) is 5.75 Å². The molecule has 0 saturated heterocycles. The zero-order valence-corrected chi connectivity index (χ0v) is 17.0. The van der Waals surface area contributed by atoms with Gasteiger partial charge in [0, 0.05) is 22.5 Å². The van der Waals surface area contributed by atoms with E-state index >= 15 is 0 Å². The predicted octanol–water partition coefficient (Wildman–Crippen LogP) is 4.56. The number of ether oxygens (including phenoxy) is 1. The van der Waals surface area contributed by atoms with Gasteiger partial charge in [0.05, 0.1) is 5.56 Å². The number of nitrogens with one attached hydrogen (secondary N) is 1. The minimum Gasteiger partial charge on any atom is -0.487 e. The minimum absolute atomic E-state index is 0.0411. The van der Waals surface area contributed by atoms with Crippen LogP contribution in [0.2, 0.25) is 0 Å². The van der Waals surface area contributed by atoms with Crippen LogP contribution in [0.1, 0.15) is 35.5 Å². The molecule has 10 heteroatoms. The molecule has 3 aromatic rings. The van der Waals surface area contributed by atoms with Gasteiger partial charge in [-0.05, 0) is 32.0 Å². The number of carbonyl (C=O) groups is 2. The summed E-state index contributed by atoms with van der Waals surface area (Å²) >= 11 is 0. The van der Waals surface area contributed by atoms with E-state index in [1.165, 1.54) is 50.2 Å². The standard InChI is InChI=1S/C22H18F4N2O4/c1-21(2,20(30)31)28-19(29)15-8-7-13-14(4-3-5-16(13)23)18(15)32-11-12-6-9-17(27-10-12)22(24,25)26/h3-10H,11H2,1-2H3,(H,28,29)(H,30,31). The Bertz CT molecular complexity index is 1180. The van der Waals surface area contributed by atoms with Crippen LogP contribution >= 0.6 is 0 Å². The van der Waals surface area contributed by atoms with Crippen LogP contribution in [0.15, 0.2) is 48.7 Å². The Balaban J connectivity index is 1.98. The Kier molecular flexibility index (Phi) is 6.07. The average Bonchev–Trinajstić information content (AvgIpc) is 2.71. The van der Waals surface area contributed by atoms with Gasteiger partial charge in [-0.3, -0.25) is 9.78 Å². The van der Waals surface area contributed by atoms with Gasteiger partial charge in [0.1, 0.15) is 29.4 Å². The van der Waals surface area contributed by atoms with Crippen LogP contribution < -0.4 is 10.1 Å². The summed E-state index contributed by atoms with van der Waals surface area (Å²) in [5.74, 6) is -2.65. The molecule has 1 amide bonds. The molecule has 2 aromatic carbocycles. The highest BCUT2D eigenvalue weighted by Crippen LogP contribution is 2.33. The molecule has 0 unspecified atom stereocenters. The number of alkyl halides is 3. The van der Waals surface area contributed by atoms with Crippen molar-refractivity contribution < 1.29 is 37.0 Å². The van der Waals surface area contributed by atoms with E-state index in [0.717, 1.165) is 12.3 Å². The lowest BCUT2D eigenvalue weighted by molar-refractivity contribution is -0.143. The molecule has 32 heavy (non-hydrogen) atoms. The molecule has 168 valence electrons. The van der Waals surface area contributed by atoms with E-state index in [2.05, 4.69) is 10.3 Å². The van der Waals surface area contributed by atoms with Crippen LogP contribution in [0, 0.1) is 5.82 Å². The number of carboxylic acids is 1. The first-order chi connectivity index (χ1) is 14.9. The van der Waals surface area contributed by atoms with Crippen molar-refractivity contribution in [1.82, 2.24) is 10.3 Å². The number of pyridine rings is 1. The van der Waals surface area contributed by atoms with E-state index in [0.29, 0.717) is 0 Å². The first-order valence-corrected chi connectivity index (χ1v) is 9.32. The van der Waals surface area contributed by atoms with E-state index in [4.69, 9.17) is 4.74 Å². The van der Waals surface area contributed by atoms with Gasteiger partial charge in [0.2, 0.25) is 0 Å². The molecule has 0 fully saturated rings.